The second-order valence-corrected chi connectivity index (χ2v) is 5.49. The van der Waals surface area contributed by atoms with Crippen LogP contribution >= 0.6 is 0 Å². The monoisotopic (exact) mass is 331 g/mol. The highest BCUT2D eigenvalue weighted by atomic mass is 19.1. The minimum atomic E-state index is -0.340. The Morgan fingerprint density at radius 2 is 1.83 bits per heavy atom. The van der Waals surface area contributed by atoms with Crippen LogP contribution in [-0.4, -0.2) is 53.7 Å². The summed E-state index contributed by atoms with van der Waals surface area (Å²) in [5.74, 6) is 0.940. The molecule has 1 aliphatic rings. The molecule has 1 fully saturated rings. The zero-order valence-corrected chi connectivity index (χ0v) is 13.1. The number of nitrogens with zero attached hydrogens (tertiary/aromatic N) is 3. The first-order chi connectivity index (χ1) is 11.6. The van der Waals surface area contributed by atoms with E-state index in [1.807, 2.05) is 0 Å². The number of halogens is 1. The summed E-state index contributed by atoms with van der Waals surface area (Å²) < 4.78 is 18.2. The van der Waals surface area contributed by atoms with Gasteiger partial charge in [-0.15, -0.1) is 0 Å². The molecule has 1 aromatic heterocycles. The molecule has 1 amide bonds. The van der Waals surface area contributed by atoms with Gasteiger partial charge in [0.05, 0.1) is 6.20 Å². The van der Waals surface area contributed by atoms with E-state index in [1.54, 1.807) is 17.0 Å². The number of pyridine rings is 1. The van der Waals surface area contributed by atoms with Crippen molar-refractivity contribution in [3.8, 4) is 11.5 Å². The van der Waals surface area contributed by atoms with Gasteiger partial charge in [0.1, 0.15) is 23.1 Å². The molecule has 0 aliphatic carbocycles. The van der Waals surface area contributed by atoms with Crippen molar-refractivity contribution in [2.45, 2.75) is 0 Å². The number of ether oxygens (including phenoxy) is 1. The Hall–Kier alpha value is -2.83. The third kappa shape index (κ3) is 3.92. The van der Waals surface area contributed by atoms with Gasteiger partial charge in [-0.2, -0.15) is 0 Å². The molecule has 1 saturated heterocycles. The van der Waals surface area contributed by atoms with Gasteiger partial charge in [0.25, 0.3) is 5.91 Å². The lowest BCUT2D eigenvalue weighted by Gasteiger charge is -2.35. The van der Waals surface area contributed by atoms with Crippen molar-refractivity contribution in [1.29, 1.82) is 0 Å². The molecule has 0 spiro atoms. The number of hydrogen-bond acceptors (Lipinski definition) is 5. The first kappa shape index (κ1) is 16.0. The fraction of sp³-hybridized carbons (Fsp3) is 0.294. The largest absolute Gasteiger partial charge is 0.506 e. The lowest BCUT2D eigenvalue weighted by Crippen LogP contribution is -2.50. The van der Waals surface area contributed by atoms with E-state index >= 15 is 0 Å². The minimum absolute atomic E-state index is 0.0664. The van der Waals surface area contributed by atoms with Gasteiger partial charge < -0.3 is 19.6 Å². The van der Waals surface area contributed by atoms with E-state index in [4.69, 9.17) is 4.74 Å². The Labute approximate surface area is 139 Å². The van der Waals surface area contributed by atoms with Crippen molar-refractivity contribution >= 4 is 11.7 Å². The number of piperazine rings is 1. The summed E-state index contributed by atoms with van der Waals surface area (Å²) in [6.07, 6.45) is 1.41. The molecule has 6 nitrogen and oxygen atoms in total. The summed E-state index contributed by atoms with van der Waals surface area (Å²) >= 11 is 0. The lowest BCUT2D eigenvalue weighted by molar-refractivity contribution is -0.133. The number of aromatic hydroxyl groups is 1. The van der Waals surface area contributed by atoms with Crippen LogP contribution in [0.25, 0.3) is 0 Å². The molecule has 2 heterocycles. The molecular weight excluding hydrogens is 313 g/mol. The van der Waals surface area contributed by atoms with Crippen molar-refractivity contribution in [3.05, 3.63) is 48.4 Å². The van der Waals surface area contributed by atoms with E-state index < -0.39 is 0 Å². The van der Waals surface area contributed by atoms with Crippen LogP contribution in [-0.2, 0) is 4.79 Å². The van der Waals surface area contributed by atoms with E-state index in [9.17, 15) is 14.3 Å². The number of carbonyl (C=O) groups excluding carboxylic acids is 1. The summed E-state index contributed by atoms with van der Waals surface area (Å²) in [6.45, 7) is 2.42. The smallest absolute Gasteiger partial charge is 0.260 e. The Kier molecular flexibility index (Phi) is 4.79. The lowest BCUT2D eigenvalue weighted by atomic mass is 10.3. The van der Waals surface area contributed by atoms with Gasteiger partial charge >= 0.3 is 0 Å². The van der Waals surface area contributed by atoms with Crippen LogP contribution in [0.1, 0.15) is 0 Å². The van der Waals surface area contributed by atoms with Crippen LogP contribution in [0.5, 0.6) is 11.5 Å². The maximum atomic E-state index is 12.8. The predicted molar refractivity (Wildman–Crippen MR) is 86.6 cm³/mol. The molecule has 2 aromatic rings. The Morgan fingerprint density at radius 1 is 1.12 bits per heavy atom. The Morgan fingerprint density at radius 3 is 2.46 bits per heavy atom. The fourth-order valence-electron chi connectivity index (χ4n) is 2.52. The van der Waals surface area contributed by atoms with E-state index in [0.29, 0.717) is 31.9 Å². The van der Waals surface area contributed by atoms with Crippen molar-refractivity contribution in [2.75, 3.05) is 37.7 Å². The third-order valence-electron chi connectivity index (χ3n) is 3.86. The van der Waals surface area contributed by atoms with Gasteiger partial charge in [-0.05, 0) is 36.4 Å². The third-order valence-corrected chi connectivity index (χ3v) is 3.86. The molecule has 7 heteroatoms. The zero-order valence-electron chi connectivity index (χ0n) is 13.1. The molecule has 1 aliphatic heterocycles. The fourth-order valence-corrected chi connectivity index (χ4v) is 2.52. The Bertz CT molecular complexity index is 683. The highest BCUT2D eigenvalue weighted by molar-refractivity contribution is 5.78. The topological polar surface area (TPSA) is 65.9 Å². The van der Waals surface area contributed by atoms with Crippen LogP contribution in [0, 0.1) is 5.82 Å². The number of amides is 1. The van der Waals surface area contributed by atoms with E-state index in [1.165, 1.54) is 30.5 Å². The molecule has 24 heavy (non-hydrogen) atoms. The molecule has 1 aromatic carbocycles. The molecule has 0 atom stereocenters. The standard InChI is InChI=1S/C17H18FN3O3/c18-13-1-4-15(5-2-13)24-12-17(23)21-9-7-20(8-10-21)16-6-3-14(22)11-19-16/h1-6,11,22H,7-10,12H2. The molecule has 0 radical (unpaired) electrons. The zero-order chi connectivity index (χ0) is 16.9. The summed E-state index contributed by atoms with van der Waals surface area (Å²) in [7, 11) is 0. The number of aromatic nitrogens is 1. The number of hydrogen-bond donors (Lipinski definition) is 1. The van der Waals surface area contributed by atoms with Crippen LogP contribution in [0.2, 0.25) is 0 Å². The predicted octanol–water partition coefficient (Wildman–Crippen LogP) is 1.65. The molecule has 0 saturated carbocycles. The number of benzene rings is 1. The van der Waals surface area contributed by atoms with Gasteiger partial charge in [0.2, 0.25) is 0 Å². The van der Waals surface area contributed by atoms with Crippen molar-refractivity contribution in [2.24, 2.45) is 0 Å². The second kappa shape index (κ2) is 7.16. The van der Waals surface area contributed by atoms with E-state index in [-0.39, 0.29) is 24.1 Å². The van der Waals surface area contributed by atoms with Gasteiger partial charge in [-0.25, -0.2) is 9.37 Å². The molecule has 0 unspecified atom stereocenters. The first-order valence-corrected chi connectivity index (χ1v) is 7.68. The second-order valence-electron chi connectivity index (χ2n) is 5.49. The maximum Gasteiger partial charge on any atom is 0.260 e. The van der Waals surface area contributed by atoms with E-state index in [2.05, 4.69) is 9.88 Å². The summed E-state index contributed by atoms with van der Waals surface area (Å²) in [4.78, 5) is 20.2. The highest BCUT2D eigenvalue weighted by Gasteiger charge is 2.22. The average molecular weight is 331 g/mol. The molecular formula is C17H18FN3O3. The summed E-state index contributed by atoms with van der Waals surface area (Å²) in [5.41, 5.74) is 0. The van der Waals surface area contributed by atoms with Crippen LogP contribution in [0.4, 0.5) is 10.2 Å². The number of anilines is 1. The van der Waals surface area contributed by atoms with Crippen molar-refractivity contribution in [3.63, 3.8) is 0 Å². The number of carbonyl (C=O) groups is 1. The molecule has 126 valence electrons. The van der Waals surface area contributed by atoms with Gasteiger partial charge in [0, 0.05) is 26.2 Å². The molecule has 0 bridgehead atoms. The molecule has 3 rings (SSSR count). The van der Waals surface area contributed by atoms with Crippen LogP contribution < -0.4 is 9.64 Å². The van der Waals surface area contributed by atoms with E-state index in [0.717, 1.165) is 5.82 Å². The normalized spacial score (nSPS) is 14.5. The quantitative estimate of drug-likeness (QED) is 0.923. The summed E-state index contributed by atoms with van der Waals surface area (Å²) in [6, 6.07) is 8.93. The van der Waals surface area contributed by atoms with Crippen molar-refractivity contribution < 1.29 is 19.0 Å². The number of rotatable bonds is 4. The maximum absolute atomic E-state index is 12.8. The summed E-state index contributed by atoms with van der Waals surface area (Å²) in [5, 5.41) is 9.27. The minimum Gasteiger partial charge on any atom is -0.506 e. The SMILES string of the molecule is O=C(COc1ccc(F)cc1)N1CCN(c2ccc(O)cn2)CC1. The van der Waals surface area contributed by atoms with Crippen LogP contribution in [0.3, 0.4) is 0 Å². The Balaban J connectivity index is 1.48. The van der Waals surface area contributed by atoms with Gasteiger partial charge in [-0.3, -0.25) is 4.79 Å². The first-order valence-electron chi connectivity index (χ1n) is 7.68. The van der Waals surface area contributed by atoms with Gasteiger partial charge in [-0.1, -0.05) is 0 Å². The van der Waals surface area contributed by atoms with Crippen molar-refractivity contribution in [1.82, 2.24) is 9.88 Å². The highest BCUT2D eigenvalue weighted by Crippen LogP contribution is 2.17. The molecule has 1 N–H and O–H groups in total. The van der Waals surface area contributed by atoms with Crippen LogP contribution in [0.15, 0.2) is 42.6 Å². The van der Waals surface area contributed by atoms with Gasteiger partial charge in [0.15, 0.2) is 6.61 Å². The average Bonchev–Trinajstić information content (AvgIpc) is 2.62.